The van der Waals surface area contributed by atoms with Crippen molar-refractivity contribution in [1.82, 2.24) is 5.43 Å². The highest BCUT2D eigenvalue weighted by atomic mass is 16.7. The van der Waals surface area contributed by atoms with Crippen LogP contribution in [0.3, 0.4) is 0 Å². The fraction of sp³-hybridized carbons (Fsp3) is 0.429. The molecule has 0 bridgehead atoms. The lowest BCUT2D eigenvalue weighted by atomic mass is 10.2. The number of aryl methyl sites for hydroxylation is 1. The summed E-state index contributed by atoms with van der Waals surface area (Å²) in [6, 6.07) is 7.86. The first kappa shape index (κ1) is 13.7. The van der Waals surface area contributed by atoms with Gasteiger partial charge in [-0.25, -0.2) is 5.43 Å². The third kappa shape index (κ3) is 4.15. The molecular formula is C14H18N2O3. The van der Waals surface area contributed by atoms with Crippen molar-refractivity contribution in [1.29, 1.82) is 0 Å². The summed E-state index contributed by atoms with van der Waals surface area (Å²) in [4.78, 5) is 11.7. The van der Waals surface area contributed by atoms with E-state index < -0.39 is 5.79 Å². The van der Waals surface area contributed by atoms with Crippen molar-refractivity contribution in [2.45, 2.75) is 26.1 Å². The molecule has 0 aliphatic carbocycles. The van der Waals surface area contributed by atoms with Gasteiger partial charge in [-0.2, -0.15) is 5.10 Å². The second-order valence-electron chi connectivity index (χ2n) is 4.71. The molecule has 1 aromatic rings. The molecule has 1 N–H and O–H groups in total. The molecule has 1 aromatic carbocycles. The first-order valence-electron chi connectivity index (χ1n) is 6.24. The molecule has 0 saturated carbocycles. The minimum absolute atomic E-state index is 0.137. The predicted molar refractivity (Wildman–Crippen MR) is 71.8 cm³/mol. The smallest absolute Gasteiger partial charge is 0.245 e. The molecule has 1 aliphatic heterocycles. The van der Waals surface area contributed by atoms with Gasteiger partial charge in [0.2, 0.25) is 5.91 Å². The van der Waals surface area contributed by atoms with Gasteiger partial charge in [0, 0.05) is 0 Å². The summed E-state index contributed by atoms with van der Waals surface area (Å²) in [5, 5.41) is 3.91. The number of hydrogen-bond acceptors (Lipinski definition) is 4. The number of carbonyl (C=O) groups excluding carboxylic acids is 1. The molecule has 0 spiro atoms. The zero-order chi connectivity index (χ0) is 13.7. The number of ether oxygens (including phenoxy) is 2. The van der Waals surface area contributed by atoms with E-state index in [0.29, 0.717) is 13.2 Å². The standard InChI is InChI=1S/C14H18N2O3/c1-11-3-5-12(6-4-11)10-15-16-13(17)9-14(2)18-7-8-19-14/h3-6,10H,7-9H2,1-2H3,(H,16,17)/b15-10-. The van der Waals surface area contributed by atoms with E-state index in [-0.39, 0.29) is 12.3 Å². The molecule has 19 heavy (non-hydrogen) atoms. The van der Waals surface area contributed by atoms with Crippen LogP contribution in [-0.4, -0.2) is 31.1 Å². The van der Waals surface area contributed by atoms with Crippen molar-refractivity contribution in [3.63, 3.8) is 0 Å². The van der Waals surface area contributed by atoms with Crippen molar-refractivity contribution in [3.8, 4) is 0 Å². The van der Waals surface area contributed by atoms with Crippen LogP contribution >= 0.6 is 0 Å². The number of benzene rings is 1. The molecule has 2 rings (SSSR count). The fourth-order valence-electron chi connectivity index (χ4n) is 1.82. The van der Waals surface area contributed by atoms with E-state index >= 15 is 0 Å². The van der Waals surface area contributed by atoms with Crippen LogP contribution in [0.2, 0.25) is 0 Å². The molecular weight excluding hydrogens is 244 g/mol. The van der Waals surface area contributed by atoms with E-state index in [1.165, 1.54) is 5.56 Å². The highest BCUT2D eigenvalue weighted by Gasteiger charge is 2.33. The van der Waals surface area contributed by atoms with Crippen LogP contribution in [0.1, 0.15) is 24.5 Å². The summed E-state index contributed by atoms with van der Waals surface area (Å²) in [7, 11) is 0. The van der Waals surface area contributed by atoms with E-state index in [9.17, 15) is 4.79 Å². The normalized spacial score (nSPS) is 17.8. The van der Waals surface area contributed by atoms with Gasteiger partial charge in [0.1, 0.15) is 0 Å². The van der Waals surface area contributed by atoms with Gasteiger partial charge in [-0.05, 0) is 19.4 Å². The SMILES string of the molecule is Cc1ccc(/C=N\NC(=O)CC2(C)OCCO2)cc1. The number of rotatable bonds is 4. The number of hydrazone groups is 1. The second-order valence-corrected chi connectivity index (χ2v) is 4.71. The first-order chi connectivity index (χ1) is 9.07. The quantitative estimate of drug-likeness (QED) is 0.662. The van der Waals surface area contributed by atoms with Gasteiger partial charge >= 0.3 is 0 Å². The highest BCUT2D eigenvalue weighted by Crippen LogP contribution is 2.22. The Morgan fingerprint density at radius 3 is 2.63 bits per heavy atom. The van der Waals surface area contributed by atoms with Crippen LogP contribution in [0.5, 0.6) is 0 Å². The molecule has 0 atom stereocenters. The third-order valence-electron chi connectivity index (χ3n) is 2.86. The highest BCUT2D eigenvalue weighted by molar-refractivity contribution is 5.82. The number of carbonyl (C=O) groups is 1. The largest absolute Gasteiger partial charge is 0.347 e. The molecule has 1 saturated heterocycles. The van der Waals surface area contributed by atoms with Crippen LogP contribution in [0, 0.1) is 6.92 Å². The second kappa shape index (κ2) is 5.95. The van der Waals surface area contributed by atoms with Crippen LogP contribution in [0.15, 0.2) is 29.4 Å². The molecule has 1 aliphatic rings. The zero-order valence-electron chi connectivity index (χ0n) is 11.2. The van der Waals surface area contributed by atoms with E-state index in [1.807, 2.05) is 31.2 Å². The van der Waals surface area contributed by atoms with Crippen molar-refractivity contribution < 1.29 is 14.3 Å². The third-order valence-corrected chi connectivity index (χ3v) is 2.86. The number of amides is 1. The summed E-state index contributed by atoms with van der Waals surface area (Å²) in [5.41, 5.74) is 4.59. The number of hydrogen-bond donors (Lipinski definition) is 1. The Hall–Kier alpha value is -1.72. The van der Waals surface area contributed by atoms with Crippen LogP contribution in [0.25, 0.3) is 0 Å². The first-order valence-corrected chi connectivity index (χ1v) is 6.24. The van der Waals surface area contributed by atoms with E-state index in [0.717, 1.165) is 5.56 Å². The summed E-state index contributed by atoms with van der Waals surface area (Å²) >= 11 is 0. The van der Waals surface area contributed by atoms with Gasteiger partial charge in [0.15, 0.2) is 5.79 Å². The molecule has 1 amide bonds. The Balaban J connectivity index is 1.81. The average Bonchev–Trinajstić information content (AvgIpc) is 2.78. The number of nitrogens with one attached hydrogen (secondary N) is 1. The lowest BCUT2D eigenvalue weighted by molar-refractivity contribution is -0.159. The summed E-state index contributed by atoms with van der Waals surface area (Å²) in [6.07, 6.45) is 1.74. The molecule has 5 nitrogen and oxygen atoms in total. The van der Waals surface area contributed by atoms with Gasteiger partial charge < -0.3 is 9.47 Å². The van der Waals surface area contributed by atoms with Gasteiger partial charge in [-0.1, -0.05) is 29.8 Å². The molecule has 0 unspecified atom stereocenters. The van der Waals surface area contributed by atoms with Crippen molar-refractivity contribution in [3.05, 3.63) is 35.4 Å². The summed E-state index contributed by atoms with van der Waals surface area (Å²) < 4.78 is 10.7. The summed E-state index contributed by atoms with van der Waals surface area (Å²) in [5.74, 6) is -1.04. The zero-order valence-corrected chi connectivity index (χ0v) is 11.2. The lowest BCUT2D eigenvalue weighted by Crippen LogP contribution is -2.33. The molecule has 0 aromatic heterocycles. The van der Waals surface area contributed by atoms with Crippen molar-refractivity contribution in [2.24, 2.45) is 5.10 Å². The Morgan fingerprint density at radius 1 is 1.37 bits per heavy atom. The Kier molecular flexibility index (Phi) is 4.29. The Labute approximate surface area is 112 Å². The minimum atomic E-state index is -0.816. The lowest BCUT2D eigenvalue weighted by Gasteiger charge is -2.20. The van der Waals surface area contributed by atoms with Gasteiger partial charge in [-0.15, -0.1) is 0 Å². The van der Waals surface area contributed by atoms with Crippen LogP contribution in [-0.2, 0) is 14.3 Å². The Morgan fingerprint density at radius 2 is 2.00 bits per heavy atom. The van der Waals surface area contributed by atoms with Crippen molar-refractivity contribution >= 4 is 12.1 Å². The number of nitrogens with zero attached hydrogens (tertiary/aromatic N) is 1. The van der Waals surface area contributed by atoms with E-state index in [4.69, 9.17) is 9.47 Å². The predicted octanol–water partition coefficient (Wildman–Crippen LogP) is 1.60. The molecule has 0 radical (unpaired) electrons. The maximum Gasteiger partial charge on any atom is 0.245 e. The maximum absolute atomic E-state index is 11.7. The van der Waals surface area contributed by atoms with Crippen LogP contribution < -0.4 is 5.43 Å². The van der Waals surface area contributed by atoms with Gasteiger partial charge in [0.05, 0.1) is 25.8 Å². The molecule has 102 valence electrons. The minimum Gasteiger partial charge on any atom is -0.347 e. The van der Waals surface area contributed by atoms with Gasteiger partial charge in [0.25, 0.3) is 0 Å². The van der Waals surface area contributed by atoms with Crippen LogP contribution in [0.4, 0.5) is 0 Å². The molecule has 5 heteroatoms. The molecule has 1 fully saturated rings. The van der Waals surface area contributed by atoms with Gasteiger partial charge in [-0.3, -0.25) is 4.79 Å². The topological polar surface area (TPSA) is 59.9 Å². The fourth-order valence-corrected chi connectivity index (χ4v) is 1.82. The Bertz CT molecular complexity index is 462. The van der Waals surface area contributed by atoms with E-state index in [2.05, 4.69) is 10.5 Å². The van der Waals surface area contributed by atoms with E-state index in [1.54, 1.807) is 13.1 Å². The monoisotopic (exact) mass is 262 g/mol. The summed E-state index contributed by atoms with van der Waals surface area (Å²) in [6.45, 7) is 4.82. The maximum atomic E-state index is 11.7. The van der Waals surface area contributed by atoms with Crippen molar-refractivity contribution in [2.75, 3.05) is 13.2 Å². The average molecular weight is 262 g/mol. The molecule has 1 heterocycles.